The zero-order chi connectivity index (χ0) is 12.5. The number of aromatic carboxylic acids is 1. The topological polar surface area (TPSA) is 52.2 Å². The van der Waals surface area contributed by atoms with Crippen LogP contribution in [0.1, 0.15) is 49.4 Å². The Labute approximate surface area is 131 Å². The van der Waals surface area contributed by atoms with Crippen molar-refractivity contribution in [2.24, 2.45) is 0 Å². The van der Waals surface area contributed by atoms with E-state index in [9.17, 15) is 9.90 Å². The first-order valence-corrected chi connectivity index (χ1v) is 6.29. The Hall–Kier alpha value is -0.510. The van der Waals surface area contributed by atoms with Gasteiger partial charge < -0.3 is 15.2 Å². The molecule has 0 unspecified atom stereocenters. The zero-order valence-electron chi connectivity index (χ0n) is 11.4. The molecule has 0 bridgehead atoms. The van der Waals surface area contributed by atoms with Crippen molar-refractivity contribution < 1.29 is 39.5 Å². The Kier molecular flexibility index (Phi) is 10.1. The molecule has 0 aliphatic carbocycles. The zero-order valence-corrected chi connectivity index (χ0v) is 13.4. The minimum Gasteiger partial charge on any atom is -0.545 e. The van der Waals surface area contributed by atoms with Crippen molar-refractivity contribution in [3.05, 3.63) is 29.8 Å². The number of nitrogens with one attached hydrogen (secondary N) is 1. The van der Waals surface area contributed by atoms with E-state index >= 15 is 0 Å². The minimum absolute atomic E-state index is 0. The van der Waals surface area contributed by atoms with Crippen LogP contribution in [0.15, 0.2) is 24.3 Å². The molecule has 1 N–H and O–H groups in total. The number of unbranched alkanes of at least 4 members (excludes halogenated alkanes) is 4. The van der Waals surface area contributed by atoms with Crippen LogP contribution < -0.4 is 40.0 Å². The van der Waals surface area contributed by atoms with Crippen LogP contribution in [0.2, 0.25) is 0 Å². The van der Waals surface area contributed by atoms with Crippen LogP contribution in [0.5, 0.6) is 0 Å². The predicted octanol–water partition coefficient (Wildman–Crippen LogP) is -0.564. The summed E-state index contributed by atoms with van der Waals surface area (Å²) >= 11 is 0. The maximum absolute atomic E-state index is 10.7. The van der Waals surface area contributed by atoms with Gasteiger partial charge in [-0.25, -0.2) is 0 Å². The maximum Gasteiger partial charge on any atom is 1.00 e. The molecule has 1 rings (SSSR count). The third-order valence-electron chi connectivity index (χ3n) is 2.71. The fraction of sp³-hybridized carbons (Fsp3) is 0.500. The number of anilines is 1. The van der Waals surface area contributed by atoms with E-state index in [0.29, 0.717) is 0 Å². The van der Waals surface area contributed by atoms with Crippen LogP contribution >= 0.6 is 0 Å². The largest absolute Gasteiger partial charge is 1.00 e. The summed E-state index contributed by atoms with van der Waals surface area (Å²) in [7, 11) is 0. The molecule has 0 amide bonds. The van der Waals surface area contributed by atoms with Crippen LogP contribution in [0.4, 0.5) is 5.69 Å². The molecular weight excluding hydrogens is 237 g/mol. The van der Waals surface area contributed by atoms with Gasteiger partial charge in [0, 0.05) is 12.2 Å². The first-order chi connectivity index (χ1) is 8.24. The summed E-state index contributed by atoms with van der Waals surface area (Å²) in [4.78, 5) is 10.7. The van der Waals surface area contributed by atoms with Gasteiger partial charge in [0.05, 0.1) is 5.97 Å². The first-order valence-electron chi connectivity index (χ1n) is 6.29. The average Bonchev–Trinajstić information content (AvgIpc) is 2.34. The van der Waals surface area contributed by atoms with Gasteiger partial charge in [-0.05, 0) is 24.1 Å². The molecule has 1 aromatic carbocycles. The van der Waals surface area contributed by atoms with Crippen LogP contribution in [0, 0.1) is 0 Å². The summed E-state index contributed by atoms with van der Waals surface area (Å²) in [6, 6.07) is 6.76. The number of hydrogen-bond acceptors (Lipinski definition) is 3. The Morgan fingerprint density at radius 2 is 1.94 bits per heavy atom. The standard InChI is InChI=1S/C14H21NO2.Na/c1-2-3-4-5-6-10-15-13-9-7-8-12(11-13)14(16)17;/h7-9,11,15H,2-6,10H2,1H3,(H,16,17);/q;+1/p-1. The molecule has 0 aromatic heterocycles. The molecule has 0 spiro atoms. The summed E-state index contributed by atoms with van der Waals surface area (Å²) in [6.07, 6.45) is 6.16. The Bertz CT molecular complexity index is 355. The third-order valence-corrected chi connectivity index (χ3v) is 2.71. The van der Waals surface area contributed by atoms with Gasteiger partial charge in [0.25, 0.3) is 0 Å². The van der Waals surface area contributed by atoms with Crippen molar-refractivity contribution in [3.63, 3.8) is 0 Å². The SMILES string of the molecule is CCCCCCCNc1cccc(C(=O)[O-])c1.[Na+]. The van der Waals surface area contributed by atoms with Crippen molar-refractivity contribution >= 4 is 11.7 Å². The van der Waals surface area contributed by atoms with E-state index in [4.69, 9.17) is 0 Å². The maximum atomic E-state index is 10.7. The van der Waals surface area contributed by atoms with E-state index in [0.717, 1.165) is 18.7 Å². The predicted molar refractivity (Wildman–Crippen MR) is 68.0 cm³/mol. The van der Waals surface area contributed by atoms with E-state index in [1.165, 1.54) is 25.7 Å². The second kappa shape index (κ2) is 10.4. The van der Waals surface area contributed by atoms with Gasteiger partial charge in [0.15, 0.2) is 0 Å². The molecule has 0 aliphatic rings. The number of rotatable bonds is 8. The summed E-state index contributed by atoms with van der Waals surface area (Å²) in [5.41, 5.74) is 1.07. The summed E-state index contributed by atoms with van der Waals surface area (Å²) < 4.78 is 0. The molecule has 0 heterocycles. The van der Waals surface area contributed by atoms with Crippen molar-refractivity contribution in [2.75, 3.05) is 11.9 Å². The van der Waals surface area contributed by atoms with E-state index in [1.807, 2.05) is 6.07 Å². The quantitative estimate of drug-likeness (QED) is 0.501. The van der Waals surface area contributed by atoms with Crippen LogP contribution in [-0.4, -0.2) is 12.5 Å². The van der Waals surface area contributed by atoms with Crippen molar-refractivity contribution in [3.8, 4) is 0 Å². The number of carbonyl (C=O) groups is 1. The molecule has 0 radical (unpaired) electrons. The second-order valence-electron chi connectivity index (χ2n) is 4.21. The molecule has 0 atom stereocenters. The Balaban J connectivity index is 0.00000289. The molecule has 18 heavy (non-hydrogen) atoms. The van der Waals surface area contributed by atoms with Gasteiger partial charge in [-0.2, -0.15) is 0 Å². The average molecular weight is 257 g/mol. The number of hydrogen-bond donors (Lipinski definition) is 1. The van der Waals surface area contributed by atoms with Crippen molar-refractivity contribution in [1.82, 2.24) is 0 Å². The summed E-state index contributed by atoms with van der Waals surface area (Å²) in [5.74, 6) is -1.13. The van der Waals surface area contributed by atoms with Gasteiger partial charge in [-0.1, -0.05) is 44.7 Å². The monoisotopic (exact) mass is 257 g/mol. The Morgan fingerprint density at radius 3 is 2.61 bits per heavy atom. The van der Waals surface area contributed by atoms with Gasteiger partial charge in [0.1, 0.15) is 0 Å². The number of carboxylic acids is 1. The fourth-order valence-electron chi connectivity index (χ4n) is 1.72. The molecule has 3 nitrogen and oxygen atoms in total. The molecule has 94 valence electrons. The Morgan fingerprint density at radius 1 is 1.22 bits per heavy atom. The fourth-order valence-corrected chi connectivity index (χ4v) is 1.72. The van der Waals surface area contributed by atoms with Gasteiger partial charge >= 0.3 is 29.6 Å². The van der Waals surface area contributed by atoms with Gasteiger partial charge in [-0.3, -0.25) is 0 Å². The number of carbonyl (C=O) groups excluding carboxylic acids is 1. The molecule has 0 saturated carbocycles. The second-order valence-corrected chi connectivity index (χ2v) is 4.21. The summed E-state index contributed by atoms with van der Waals surface area (Å²) in [6.45, 7) is 3.09. The van der Waals surface area contributed by atoms with Gasteiger partial charge in [0.2, 0.25) is 0 Å². The molecule has 4 heteroatoms. The number of carboxylic acid groups (broad SMARTS) is 1. The molecule has 0 aliphatic heterocycles. The van der Waals surface area contributed by atoms with E-state index in [-0.39, 0.29) is 35.1 Å². The molecule has 1 aromatic rings. The normalized spacial score (nSPS) is 9.61. The van der Waals surface area contributed by atoms with Crippen LogP contribution in [0.25, 0.3) is 0 Å². The first kappa shape index (κ1) is 17.5. The summed E-state index contributed by atoms with van der Waals surface area (Å²) in [5, 5.41) is 13.9. The third kappa shape index (κ3) is 7.04. The number of benzene rings is 1. The van der Waals surface area contributed by atoms with E-state index in [2.05, 4.69) is 12.2 Å². The molecular formula is C14H20NNaO2. The van der Waals surface area contributed by atoms with Crippen molar-refractivity contribution in [1.29, 1.82) is 0 Å². The molecule has 0 fully saturated rings. The van der Waals surface area contributed by atoms with Crippen molar-refractivity contribution in [2.45, 2.75) is 39.0 Å². The van der Waals surface area contributed by atoms with Gasteiger partial charge in [-0.15, -0.1) is 0 Å². The van der Waals surface area contributed by atoms with Crippen LogP contribution in [0.3, 0.4) is 0 Å². The molecule has 0 saturated heterocycles. The van der Waals surface area contributed by atoms with Crippen LogP contribution in [-0.2, 0) is 0 Å². The minimum atomic E-state index is -1.13. The smallest absolute Gasteiger partial charge is 0.545 e. The van der Waals surface area contributed by atoms with E-state index < -0.39 is 5.97 Å². The van der Waals surface area contributed by atoms with E-state index in [1.54, 1.807) is 18.2 Å².